The van der Waals surface area contributed by atoms with Crippen LogP contribution in [-0.4, -0.2) is 12.5 Å². The van der Waals surface area contributed by atoms with Crippen LogP contribution >= 0.6 is 11.3 Å². The molecule has 4 heteroatoms. The van der Waals surface area contributed by atoms with Gasteiger partial charge in [-0.2, -0.15) is 0 Å². The first-order valence-corrected chi connectivity index (χ1v) is 7.22. The summed E-state index contributed by atoms with van der Waals surface area (Å²) in [4.78, 5) is 13.5. The van der Waals surface area contributed by atoms with Gasteiger partial charge in [0.15, 0.2) is 0 Å². The van der Waals surface area contributed by atoms with Gasteiger partial charge in [-0.1, -0.05) is 24.3 Å². The van der Waals surface area contributed by atoms with E-state index in [1.54, 1.807) is 11.3 Å². The lowest BCUT2D eigenvalue weighted by Crippen LogP contribution is -2.27. The summed E-state index contributed by atoms with van der Waals surface area (Å²) in [6.07, 6.45) is 0.719. The predicted molar refractivity (Wildman–Crippen MR) is 79.4 cm³/mol. The Hall–Kier alpha value is -1.65. The van der Waals surface area contributed by atoms with Crippen molar-refractivity contribution in [1.82, 2.24) is 5.32 Å². The molecule has 1 aromatic carbocycles. The average molecular weight is 274 g/mol. The third-order valence-electron chi connectivity index (χ3n) is 2.99. The van der Waals surface area contributed by atoms with Gasteiger partial charge in [-0.25, -0.2) is 0 Å². The monoisotopic (exact) mass is 274 g/mol. The number of carbonyl (C=O) groups excluding carboxylic acids is 1. The number of thiophene rings is 1. The molecule has 0 saturated carbocycles. The zero-order valence-corrected chi connectivity index (χ0v) is 11.7. The van der Waals surface area contributed by atoms with E-state index >= 15 is 0 Å². The molecule has 0 aliphatic carbocycles. The van der Waals surface area contributed by atoms with Crippen molar-refractivity contribution in [2.24, 2.45) is 5.73 Å². The summed E-state index contributed by atoms with van der Waals surface area (Å²) in [5.41, 5.74) is 7.30. The number of nitrogens with two attached hydrogens (primary N) is 1. The van der Waals surface area contributed by atoms with Gasteiger partial charge in [-0.05, 0) is 43.0 Å². The van der Waals surface area contributed by atoms with Crippen molar-refractivity contribution in [3.63, 3.8) is 0 Å². The molecule has 0 spiro atoms. The largest absolute Gasteiger partial charge is 0.345 e. The molecule has 0 saturated heterocycles. The van der Waals surface area contributed by atoms with E-state index in [0.717, 1.165) is 22.4 Å². The molecule has 1 heterocycles. The van der Waals surface area contributed by atoms with Crippen molar-refractivity contribution in [3.05, 3.63) is 57.8 Å². The number of rotatable bonds is 5. The molecule has 100 valence electrons. The SMILES string of the molecule is CC(NC(=O)c1ccccc1CCN)c1cccs1. The predicted octanol–water partition coefficient (Wildman–Crippen LogP) is 2.74. The van der Waals surface area contributed by atoms with Crippen LogP contribution in [0.5, 0.6) is 0 Å². The van der Waals surface area contributed by atoms with Crippen molar-refractivity contribution in [2.45, 2.75) is 19.4 Å². The number of hydrogen-bond donors (Lipinski definition) is 2. The Kier molecular flexibility index (Phi) is 4.71. The summed E-state index contributed by atoms with van der Waals surface area (Å²) in [5.74, 6) is -0.0371. The average Bonchev–Trinajstić information content (AvgIpc) is 2.93. The second-order valence-electron chi connectivity index (χ2n) is 4.41. The quantitative estimate of drug-likeness (QED) is 0.881. The zero-order valence-electron chi connectivity index (χ0n) is 10.9. The maximum absolute atomic E-state index is 12.3. The highest BCUT2D eigenvalue weighted by Crippen LogP contribution is 2.19. The molecule has 1 atom stereocenters. The van der Waals surface area contributed by atoms with Crippen LogP contribution in [0.1, 0.15) is 33.8 Å². The molecule has 0 bridgehead atoms. The topological polar surface area (TPSA) is 55.1 Å². The molecule has 1 amide bonds. The Morgan fingerprint density at radius 2 is 2.11 bits per heavy atom. The second kappa shape index (κ2) is 6.50. The highest BCUT2D eigenvalue weighted by Gasteiger charge is 2.14. The maximum atomic E-state index is 12.3. The van der Waals surface area contributed by atoms with E-state index in [1.807, 2.05) is 48.7 Å². The normalized spacial score (nSPS) is 12.1. The number of hydrogen-bond acceptors (Lipinski definition) is 3. The van der Waals surface area contributed by atoms with Crippen molar-refractivity contribution in [2.75, 3.05) is 6.54 Å². The summed E-state index contributed by atoms with van der Waals surface area (Å²) in [5, 5.41) is 5.04. The fourth-order valence-electron chi connectivity index (χ4n) is 2.00. The van der Waals surface area contributed by atoms with Crippen molar-refractivity contribution in [1.29, 1.82) is 0 Å². The third-order valence-corrected chi connectivity index (χ3v) is 4.05. The van der Waals surface area contributed by atoms with Crippen molar-refractivity contribution < 1.29 is 4.79 Å². The van der Waals surface area contributed by atoms with E-state index in [0.29, 0.717) is 6.54 Å². The van der Waals surface area contributed by atoms with Crippen LogP contribution in [0.2, 0.25) is 0 Å². The van der Waals surface area contributed by atoms with Gasteiger partial charge in [0.2, 0.25) is 0 Å². The molecule has 1 unspecified atom stereocenters. The van der Waals surface area contributed by atoms with Gasteiger partial charge in [0.25, 0.3) is 5.91 Å². The first-order valence-electron chi connectivity index (χ1n) is 6.34. The van der Waals surface area contributed by atoms with Crippen LogP contribution in [0.15, 0.2) is 41.8 Å². The number of amides is 1. The Balaban J connectivity index is 2.11. The van der Waals surface area contributed by atoms with Crippen LogP contribution in [-0.2, 0) is 6.42 Å². The molecule has 2 aromatic rings. The standard InChI is InChI=1S/C15H18N2OS/c1-11(14-7-4-10-19-14)17-15(18)13-6-3-2-5-12(13)8-9-16/h2-7,10-11H,8-9,16H2,1H3,(H,17,18). The molecule has 19 heavy (non-hydrogen) atoms. The highest BCUT2D eigenvalue weighted by atomic mass is 32.1. The molecule has 1 aromatic heterocycles. The molecule has 0 aliphatic heterocycles. The first-order chi connectivity index (χ1) is 9.22. The second-order valence-corrected chi connectivity index (χ2v) is 5.39. The van der Waals surface area contributed by atoms with E-state index in [2.05, 4.69) is 5.32 Å². The number of benzene rings is 1. The third kappa shape index (κ3) is 3.43. The van der Waals surface area contributed by atoms with E-state index in [-0.39, 0.29) is 11.9 Å². The van der Waals surface area contributed by atoms with Crippen molar-refractivity contribution in [3.8, 4) is 0 Å². The Bertz CT molecular complexity index is 537. The molecule has 3 nitrogen and oxygen atoms in total. The maximum Gasteiger partial charge on any atom is 0.252 e. The van der Waals surface area contributed by atoms with E-state index < -0.39 is 0 Å². The van der Waals surface area contributed by atoms with Gasteiger partial charge in [0.05, 0.1) is 6.04 Å². The summed E-state index contributed by atoms with van der Waals surface area (Å²) >= 11 is 1.65. The summed E-state index contributed by atoms with van der Waals surface area (Å²) in [7, 11) is 0. The Morgan fingerprint density at radius 1 is 1.32 bits per heavy atom. The molecular formula is C15H18N2OS. The molecule has 2 rings (SSSR count). The minimum absolute atomic E-state index is 0.0263. The van der Waals surface area contributed by atoms with E-state index in [1.165, 1.54) is 0 Å². The first kappa shape index (κ1) is 13.8. The molecule has 0 fully saturated rings. The summed E-state index contributed by atoms with van der Waals surface area (Å²) in [6.45, 7) is 2.54. The van der Waals surface area contributed by atoms with Crippen LogP contribution in [0.3, 0.4) is 0 Å². The highest BCUT2D eigenvalue weighted by molar-refractivity contribution is 7.10. The summed E-state index contributed by atoms with van der Waals surface area (Å²) in [6, 6.07) is 11.7. The van der Waals surface area contributed by atoms with Crippen LogP contribution < -0.4 is 11.1 Å². The summed E-state index contributed by atoms with van der Waals surface area (Å²) < 4.78 is 0. The lowest BCUT2D eigenvalue weighted by atomic mass is 10.0. The lowest BCUT2D eigenvalue weighted by Gasteiger charge is -2.14. The molecule has 3 N–H and O–H groups in total. The van der Waals surface area contributed by atoms with Gasteiger partial charge >= 0.3 is 0 Å². The smallest absolute Gasteiger partial charge is 0.252 e. The van der Waals surface area contributed by atoms with Gasteiger partial charge in [0.1, 0.15) is 0 Å². The Morgan fingerprint density at radius 3 is 2.79 bits per heavy atom. The minimum Gasteiger partial charge on any atom is -0.345 e. The fraction of sp³-hybridized carbons (Fsp3) is 0.267. The van der Waals surface area contributed by atoms with Gasteiger partial charge in [-0.3, -0.25) is 4.79 Å². The van der Waals surface area contributed by atoms with Crippen LogP contribution in [0.25, 0.3) is 0 Å². The molecule has 0 aliphatic rings. The molecule has 0 radical (unpaired) electrons. The number of nitrogens with one attached hydrogen (secondary N) is 1. The van der Waals surface area contributed by atoms with Crippen LogP contribution in [0, 0.1) is 0 Å². The Labute approximate surface area is 117 Å². The fourth-order valence-corrected chi connectivity index (χ4v) is 2.73. The van der Waals surface area contributed by atoms with Crippen LogP contribution in [0.4, 0.5) is 0 Å². The minimum atomic E-state index is -0.0371. The van der Waals surface area contributed by atoms with Gasteiger partial charge in [0, 0.05) is 10.4 Å². The van der Waals surface area contributed by atoms with Crippen molar-refractivity contribution >= 4 is 17.2 Å². The van der Waals surface area contributed by atoms with E-state index in [9.17, 15) is 4.79 Å². The van der Waals surface area contributed by atoms with Gasteiger partial charge in [-0.15, -0.1) is 11.3 Å². The van der Waals surface area contributed by atoms with Gasteiger partial charge < -0.3 is 11.1 Å². The lowest BCUT2D eigenvalue weighted by molar-refractivity contribution is 0.0939. The molecular weight excluding hydrogens is 256 g/mol. The van der Waals surface area contributed by atoms with E-state index in [4.69, 9.17) is 5.73 Å². The number of carbonyl (C=O) groups is 1. The zero-order chi connectivity index (χ0) is 13.7.